The largest absolute Gasteiger partial charge is 0.478 e. The fraction of sp³-hybridized carbons (Fsp3) is 0.156. The Hall–Kier alpha value is -4.91. The lowest BCUT2D eigenvalue weighted by Crippen LogP contribution is -2.21. The van der Waals surface area contributed by atoms with E-state index in [0.717, 1.165) is 27.8 Å². The molecule has 5 aromatic rings. The van der Waals surface area contributed by atoms with Crippen LogP contribution < -0.4 is 4.74 Å². The highest BCUT2D eigenvalue weighted by atomic mass is 16.5. The Kier molecular flexibility index (Phi) is 7.14. The zero-order valence-corrected chi connectivity index (χ0v) is 22.1. The van der Waals surface area contributed by atoms with Crippen molar-refractivity contribution in [1.82, 2.24) is 14.5 Å². The van der Waals surface area contributed by atoms with Crippen LogP contribution in [0, 0.1) is 0 Å². The van der Waals surface area contributed by atoms with E-state index in [2.05, 4.69) is 35.3 Å². The summed E-state index contributed by atoms with van der Waals surface area (Å²) in [6.07, 6.45) is 0. The summed E-state index contributed by atoms with van der Waals surface area (Å²) in [5, 5.41) is 9.74. The van der Waals surface area contributed by atoms with Gasteiger partial charge in [-0.1, -0.05) is 60.7 Å². The number of hydrogen-bond donors (Lipinski definition) is 1. The van der Waals surface area contributed by atoms with Gasteiger partial charge in [0.15, 0.2) is 0 Å². The summed E-state index contributed by atoms with van der Waals surface area (Å²) in [7, 11) is 3.49. The summed E-state index contributed by atoms with van der Waals surface area (Å²) >= 11 is 0. The third-order valence-electron chi connectivity index (χ3n) is 6.60. The Morgan fingerprint density at radius 2 is 1.46 bits per heavy atom. The molecule has 0 saturated heterocycles. The Morgan fingerprint density at radius 1 is 0.846 bits per heavy atom. The van der Waals surface area contributed by atoms with Crippen LogP contribution in [0.15, 0.2) is 91.0 Å². The molecule has 1 N–H and O–H groups in total. The van der Waals surface area contributed by atoms with Crippen LogP contribution in [-0.2, 0) is 6.54 Å². The fourth-order valence-electron chi connectivity index (χ4n) is 4.65. The van der Waals surface area contributed by atoms with E-state index in [1.54, 1.807) is 37.2 Å². The van der Waals surface area contributed by atoms with Crippen LogP contribution in [0.4, 0.5) is 0 Å². The molecule has 1 heterocycles. The fourth-order valence-corrected chi connectivity index (χ4v) is 4.65. The zero-order valence-electron chi connectivity index (χ0n) is 22.1. The van der Waals surface area contributed by atoms with Crippen LogP contribution in [0.1, 0.15) is 33.2 Å². The lowest BCUT2D eigenvalue weighted by Gasteiger charge is -2.12. The maximum Gasteiger partial charge on any atom is 0.337 e. The van der Waals surface area contributed by atoms with Gasteiger partial charge in [0.25, 0.3) is 11.9 Å². The third kappa shape index (κ3) is 5.25. The van der Waals surface area contributed by atoms with Gasteiger partial charge in [0.2, 0.25) is 0 Å². The molecule has 1 aromatic heterocycles. The predicted molar refractivity (Wildman–Crippen MR) is 152 cm³/mol. The minimum atomic E-state index is -1.00. The minimum Gasteiger partial charge on any atom is -0.478 e. The zero-order chi connectivity index (χ0) is 27.5. The molecule has 4 aromatic carbocycles. The standard InChI is InChI=1S/C32H29N3O4/c1-4-39-32-33-28-10-6-9-27(31(37)38)29(28)35(32)20-21-11-13-22(14-12-21)25-7-5-8-26(19-25)23-15-17-24(18-16-23)30(36)34(2)3/h5-19H,4,20H2,1-3H3,(H,37,38). The predicted octanol–water partition coefficient (Wildman–Crippen LogP) is 6.22. The van der Waals surface area contributed by atoms with E-state index in [4.69, 9.17) is 4.74 Å². The molecular weight excluding hydrogens is 490 g/mol. The SMILES string of the molecule is CCOc1nc2cccc(C(=O)O)c2n1Cc1ccc(-c2cccc(-c3ccc(C(=O)N(C)C)cc3)c2)cc1. The van der Waals surface area contributed by atoms with Gasteiger partial charge in [0.05, 0.1) is 29.7 Å². The van der Waals surface area contributed by atoms with Gasteiger partial charge in [0, 0.05) is 19.7 Å². The molecule has 1 amide bonds. The highest BCUT2D eigenvalue weighted by molar-refractivity contribution is 6.01. The second-order valence-electron chi connectivity index (χ2n) is 9.45. The number of benzene rings is 4. The summed E-state index contributed by atoms with van der Waals surface area (Å²) in [4.78, 5) is 30.2. The maximum atomic E-state index is 12.2. The number of aromatic carboxylic acids is 1. The van der Waals surface area contributed by atoms with Crippen LogP contribution in [0.3, 0.4) is 0 Å². The molecule has 5 rings (SSSR count). The smallest absolute Gasteiger partial charge is 0.337 e. The number of amides is 1. The first kappa shape index (κ1) is 25.7. The molecule has 0 atom stereocenters. The van der Waals surface area contributed by atoms with Gasteiger partial charge in [-0.25, -0.2) is 4.79 Å². The highest BCUT2D eigenvalue weighted by Gasteiger charge is 2.19. The van der Waals surface area contributed by atoms with Crippen LogP contribution in [0.2, 0.25) is 0 Å². The first-order valence-electron chi connectivity index (χ1n) is 12.7. The number of fused-ring (bicyclic) bond motifs is 1. The van der Waals surface area contributed by atoms with Gasteiger partial charge in [0.1, 0.15) is 0 Å². The molecule has 0 aliphatic rings. The molecule has 0 fully saturated rings. The van der Waals surface area contributed by atoms with E-state index in [-0.39, 0.29) is 11.5 Å². The Balaban J connectivity index is 1.42. The van der Waals surface area contributed by atoms with Gasteiger partial charge >= 0.3 is 5.97 Å². The van der Waals surface area contributed by atoms with Gasteiger partial charge in [-0.2, -0.15) is 4.98 Å². The van der Waals surface area contributed by atoms with Gasteiger partial charge < -0.3 is 14.7 Å². The number of hydrogen-bond acceptors (Lipinski definition) is 4. The van der Waals surface area contributed by atoms with Crippen LogP contribution in [-0.4, -0.2) is 52.1 Å². The van der Waals surface area contributed by atoms with Crippen LogP contribution >= 0.6 is 0 Å². The normalized spacial score (nSPS) is 10.9. The number of nitrogens with zero attached hydrogens (tertiary/aromatic N) is 3. The second-order valence-corrected chi connectivity index (χ2v) is 9.45. The van der Waals surface area contributed by atoms with Crippen molar-refractivity contribution in [2.75, 3.05) is 20.7 Å². The van der Waals surface area contributed by atoms with Crippen molar-refractivity contribution in [1.29, 1.82) is 0 Å². The number of ether oxygens (including phenoxy) is 1. The Morgan fingerprint density at radius 3 is 2.05 bits per heavy atom. The third-order valence-corrected chi connectivity index (χ3v) is 6.60. The van der Waals surface area contributed by atoms with Crippen LogP contribution in [0.25, 0.3) is 33.3 Å². The summed E-state index contributed by atoms with van der Waals surface area (Å²) < 4.78 is 7.57. The van der Waals surface area contributed by atoms with E-state index >= 15 is 0 Å². The molecule has 0 bridgehead atoms. The molecule has 7 heteroatoms. The van der Waals surface area contributed by atoms with Gasteiger partial charge in [-0.15, -0.1) is 0 Å². The van der Waals surface area contributed by atoms with Crippen molar-refractivity contribution in [3.8, 4) is 28.3 Å². The highest BCUT2D eigenvalue weighted by Crippen LogP contribution is 2.29. The number of para-hydroxylation sites is 1. The van der Waals surface area contributed by atoms with Crippen molar-refractivity contribution in [2.24, 2.45) is 0 Å². The van der Waals surface area contributed by atoms with Gasteiger partial charge in [-0.3, -0.25) is 9.36 Å². The van der Waals surface area contributed by atoms with E-state index in [1.807, 2.05) is 54.0 Å². The summed E-state index contributed by atoms with van der Waals surface area (Å²) in [6, 6.07) is 29.6. The summed E-state index contributed by atoms with van der Waals surface area (Å²) in [5.41, 5.74) is 7.21. The van der Waals surface area contributed by atoms with Gasteiger partial charge in [-0.05, 0) is 65.1 Å². The van der Waals surface area contributed by atoms with Crippen molar-refractivity contribution in [3.63, 3.8) is 0 Å². The van der Waals surface area contributed by atoms with Crippen LogP contribution in [0.5, 0.6) is 6.01 Å². The molecule has 0 spiro atoms. The molecule has 0 aliphatic heterocycles. The van der Waals surface area contributed by atoms with E-state index in [9.17, 15) is 14.7 Å². The first-order valence-corrected chi connectivity index (χ1v) is 12.7. The summed E-state index contributed by atoms with van der Waals surface area (Å²) in [5.74, 6) is -1.02. The van der Waals surface area contributed by atoms with E-state index in [0.29, 0.717) is 35.8 Å². The number of aromatic nitrogens is 2. The minimum absolute atomic E-state index is 0.0216. The number of imidazole rings is 1. The molecule has 0 unspecified atom stereocenters. The molecule has 196 valence electrons. The molecule has 39 heavy (non-hydrogen) atoms. The van der Waals surface area contributed by atoms with E-state index in [1.165, 1.54) is 0 Å². The monoisotopic (exact) mass is 519 g/mol. The number of carbonyl (C=O) groups is 2. The Labute approximate surface area is 226 Å². The molecule has 0 aliphatic carbocycles. The quantitative estimate of drug-likeness (QED) is 0.263. The molecule has 7 nitrogen and oxygen atoms in total. The lowest BCUT2D eigenvalue weighted by molar-refractivity contribution is 0.0698. The van der Waals surface area contributed by atoms with Crippen molar-refractivity contribution < 1.29 is 19.4 Å². The number of carbonyl (C=O) groups excluding carboxylic acids is 1. The summed E-state index contributed by atoms with van der Waals surface area (Å²) in [6.45, 7) is 2.73. The second kappa shape index (κ2) is 10.8. The average Bonchev–Trinajstić information content (AvgIpc) is 3.30. The molecule has 0 radical (unpaired) electrons. The number of carboxylic acid groups (broad SMARTS) is 1. The molecular formula is C32H29N3O4. The van der Waals surface area contributed by atoms with E-state index < -0.39 is 5.97 Å². The van der Waals surface area contributed by atoms with Crippen molar-refractivity contribution in [2.45, 2.75) is 13.5 Å². The van der Waals surface area contributed by atoms with Crippen molar-refractivity contribution >= 4 is 22.9 Å². The number of rotatable bonds is 8. The average molecular weight is 520 g/mol. The molecule has 0 saturated carbocycles. The lowest BCUT2D eigenvalue weighted by atomic mass is 9.97. The maximum absolute atomic E-state index is 12.2. The first-order chi connectivity index (χ1) is 18.9. The number of carboxylic acids is 1. The Bertz CT molecular complexity index is 1650. The topological polar surface area (TPSA) is 84.7 Å². The van der Waals surface area contributed by atoms with Crippen molar-refractivity contribution in [3.05, 3.63) is 108 Å².